The molecule has 98 valence electrons. The van der Waals surface area contributed by atoms with E-state index in [2.05, 4.69) is 15.6 Å². The van der Waals surface area contributed by atoms with Crippen LogP contribution in [0.3, 0.4) is 0 Å². The minimum absolute atomic E-state index is 0.158. The standard InChI is InChI=1S/C12H8ClF2N3O/c13-7-3-8(14)5-10(4-7)18-12(19)17-9-1-2-16-11(15)6-9/h1-6H,(H2,16,17,18,19). The predicted octanol–water partition coefficient (Wildman–Crippen LogP) is 3.66. The Morgan fingerprint density at radius 2 is 1.84 bits per heavy atom. The van der Waals surface area contributed by atoms with E-state index in [9.17, 15) is 13.6 Å². The Morgan fingerprint density at radius 1 is 1.11 bits per heavy atom. The van der Waals surface area contributed by atoms with Crippen molar-refractivity contribution >= 4 is 29.0 Å². The zero-order valence-electron chi connectivity index (χ0n) is 9.45. The number of pyridine rings is 1. The van der Waals surface area contributed by atoms with Crippen LogP contribution in [0, 0.1) is 11.8 Å². The summed E-state index contributed by atoms with van der Waals surface area (Å²) in [5.41, 5.74) is 0.421. The van der Waals surface area contributed by atoms with Gasteiger partial charge in [0.1, 0.15) is 5.82 Å². The molecular formula is C12H8ClF2N3O. The Bertz CT molecular complexity index is 601. The predicted molar refractivity (Wildman–Crippen MR) is 68.2 cm³/mol. The SMILES string of the molecule is O=C(Nc1cc(F)cc(Cl)c1)Nc1ccnc(F)c1. The number of rotatable bonds is 2. The molecule has 4 nitrogen and oxygen atoms in total. The lowest BCUT2D eigenvalue weighted by Crippen LogP contribution is -2.19. The van der Waals surface area contributed by atoms with Crippen LogP contribution in [-0.4, -0.2) is 11.0 Å². The minimum Gasteiger partial charge on any atom is -0.308 e. The van der Waals surface area contributed by atoms with Crippen LogP contribution < -0.4 is 10.6 Å². The number of nitrogens with one attached hydrogen (secondary N) is 2. The normalized spacial score (nSPS) is 10.1. The number of nitrogens with zero attached hydrogens (tertiary/aromatic N) is 1. The summed E-state index contributed by atoms with van der Waals surface area (Å²) in [7, 11) is 0. The highest BCUT2D eigenvalue weighted by Gasteiger charge is 2.05. The first-order valence-electron chi connectivity index (χ1n) is 5.18. The Kier molecular flexibility index (Phi) is 3.91. The molecule has 0 spiro atoms. The molecule has 0 aliphatic rings. The Balaban J connectivity index is 2.05. The van der Waals surface area contributed by atoms with Gasteiger partial charge in [0, 0.05) is 28.7 Å². The number of carbonyl (C=O) groups is 1. The number of halogens is 3. The Morgan fingerprint density at radius 3 is 2.53 bits per heavy atom. The molecule has 0 saturated carbocycles. The second-order valence-corrected chi connectivity index (χ2v) is 4.04. The first-order chi connectivity index (χ1) is 9.02. The van der Waals surface area contributed by atoms with Gasteiger partial charge in [-0.05, 0) is 24.3 Å². The molecule has 1 heterocycles. The molecule has 2 amide bonds. The van der Waals surface area contributed by atoms with Crippen molar-refractivity contribution in [2.45, 2.75) is 0 Å². The third-order valence-electron chi connectivity index (χ3n) is 2.10. The van der Waals surface area contributed by atoms with E-state index in [0.717, 1.165) is 18.2 Å². The molecule has 2 aromatic rings. The summed E-state index contributed by atoms with van der Waals surface area (Å²) in [6, 6.07) is 5.44. The van der Waals surface area contributed by atoms with Crippen LogP contribution in [0.15, 0.2) is 36.5 Å². The van der Waals surface area contributed by atoms with E-state index in [1.165, 1.54) is 18.3 Å². The van der Waals surface area contributed by atoms with Crippen molar-refractivity contribution in [2.75, 3.05) is 10.6 Å². The zero-order chi connectivity index (χ0) is 13.8. The zero-order valence-corrected chi connectivity index (χ0v) is 10.2. The molecule has 7 heteroatoms. The summed E-state index contributed by atoms with van der Waals surface area (Å²) in [4.78, 5) is 14.9. The minimum atomic E-state index is -0.716. The van der Waals surface area contributed by atoms with Crippen molar-refractivity contribution in [1.29, 1.82) is 0 Å². The molecule has 0 fully saturated rings. The van der Waals surface area contributed by atoms with Gasteiger partial charge in [0.25, 0.3) is 0 Å². The highest BCUT2D eigenvalue weighted by Crippen LogP contribution is 2.18. The quantitative estimate of drug-likeness (QED) is 0.827. The molecule has 0 saturated heterocycles. The smallest absolute Gasteiger partial charge is 0.308 e. The molecule has 1 aromatic heterocycles. The molecule has 0 radical (unpaired) electrons. The molecule has 2 rings (SSSR count). The summed E-state index contributed by atoms with van der Waals surface area (Å²) in [6.45, 7) is 0. The maximum Gasteiger partial charge on any atom is 0.323 e. The number of hydrogen-bond donors (Lipinski definition) is 2. The summed E-state index contributed by atoms with van der Waals surface area (Å²) in [5.74, 6) is -1.29. The molecule has 0 bridgehead atoms. The number of hydrogen-bond acceptors (Lipinski definition) is 2. The molecule has 0 atom stereocenters. The monoisotopic (exact) mass is 283 g/mol. The number of carbonyl (C=O) groups excluding carboxylic acids is 1. The van der Waals surface area contributed by atoms with Gasteiger partial charge >= 0.3 is 6.03 Å². The van der Waals surface area contributed by atoms with Gasteiger partial charge < -0.3 is 10.6 Å². The van der Waals surface area contributed by atoms with Crippen molar-refractivity contribution in [3.8, 4) is 0 Å². The van der Waals surface area contributed by atoms with Gasteiger partial charge in [-0.15, -0.1) is 0 Å². The van der Waals surface area contributed by atoms with Gasteiger partial charge in [-0.3, -0.25) is 0 Å². The van der Waals surface area contributed by atoms with Crippen LogP contribution >= 0.6 is 11.6 Å². The van der Waals surface area contributed by atoms with Crippen LogP contribution in [0.1, 0.15) is 0 Å². The van der Waals surface area contributed by atoms with Crippen LogP contribution in [-0.2, 0) is 0 Å². The summed E-state index contributed by atoms with van der Waals surface area (Å²) >= 11 is 5.64. The highest BCUT2D eigenvalue weighted by molar-refractivity contribution is 6.30. The number of amides is 2. The van der Waals surface area contributed by atoms with E-state index in [0.29, 0.717) is 0 Å². The summed E-state index contributed by atoms with van der Waals surface area (Å²) in [5, 5.41) is 4.91. The number of urea groups is 1. The number of benzene rings is 1. The van der Waals surface area contributed by atoms with Crippen molar-refractivity contribution in [2.24, 2.45) is 0 Å². The topological polar surface area (TPSA) is 54.0 Å². The van der Waals surface area contributed by atoms with Crippen LogP contribution in [0.4, 0.5) is 25.0 Å². The second-order valence-electron chi connectivity index (χ2n) is 3.60. The van der Waals surface area contributed by atoms with Crippen molar-refractivity contribution in [3.63, 3.8) is 0 Å². The largest absolute Gasteiger partial charge is 0.323 e. The van der Waals surface area contributed by atoms with Crippen molar-refractivity contribution in [3.05, 3.63) is 53.3 Å². The lowest BCUT2D eigenvalue weighted by Gasteiger charge is -2.08. The average Bonchev–Trinajstić information content (AvgIpc) is 2.26. The highest BCUT2D eigenvalue weighted by atomic mass is 35.5. The first-order valence-corrected chi connectivity index (χ1v) is 5.56. The maximum atomic E-state index is 13.0. The van der Waals surface area contributed by atoms with Gasteiger partial charge in [0.05, 0.1) is 0 Å². The van der Waals surface area contributed by atoms with Crippen molar-refractivity contribution < 1.29 is 13.6 Å². The second kappa shape index (κ2) is 5.62. The molecule has 0 aliphatic carbocycles. The molecule has 1 aromatic carbocycles. The average molecular weight is 284 g/mol. The fourth-order valence-corrected chi connectivity index (χ4v) is 1.62. The number of aromatic nitrogens is 1. The summed E-state index contributed by atoms with van der Waals surface area (Å²) < 4.78 is 25.8. The first kappa shape index (κ1) is 13.2. The van der Waals surface area contributed by atoms with Crippen LogP contribution in [0.2, 0.25) is 5.02 Å². The van der Waals surface area contributed by atoms with Crippen molar-refractivity contribution in [1.82, 2.24) is 4.98 Å². The van der Waals surface area contributed by atoms with Gasteiger partial charge in [-0.2, -0.15) is 4.39 Å². The molecule has 0 unspecified atom stereocenters. The third-order valence-corrected chi connectivity index (χ3v) is 2.32. The van der Waals surface area contributed by atoms with E-state index in [4.69, 9.17) is 11.6 Å². The van der Waals surface area contributed by atoms with E-state index in [1.807, 2.05) is 0 Å². The van der Waals surface area contributed by atoms with Gasteiger partial charge in [0.15, 0.2) is 0 Å². The number of anilines is 2. The fraction of sp³-hybridized carbons (Fsp3) is 0. The molecule has 2 N–H and O–H groups in total. The van der Waals surface area contributed by atoms with Gasteiger partial charge in [-0.1, -0.05) is 11.6 Å². The van der Waals surface area contributed by atoms with Crippen LogP contribution in [0.5, 0.6) is 0 Å². The van der Waals surface area contributed by atoms with E-state index in [1.54, 1.807) is 0 Å². The van der Waals surface area contributed by atoms with Gasteiger partial charge in [0.2, 0.25) is 5.95 Å². The fourth-order valence-electron chi connectivity index (χ4n) is 1.40. The Hall–Kier alpha value is -2.21. The van der Waals surface area contributed by atoms with E-state index in [-0.39, 0.29) is 16.4 Å². The van der Waals surface area contributed by atoms with Crippen LogP contribution in [0.25, 0.3) is 0 Å². The lowest BCUT2D eigenvalue weighted by molar-refractivity contribution is 0.262. The summed E-state index contributed by atoms with van der Waals surface area (Å²) in [6.07, 6.45) is 1.21. The molecular weight excluding hydrogens is 276 g/mol. The van der Waals surface area contributed by atoms with E-state index < -0.39 is 17.8 Å². The van der Waals surface area contributed by atoms with E-state index >= 15 is 0 Å². The molecule has 0 aliphatic heterocycles. The Labute approximate surface area is 112 Å². The lowest BCUT2D eigenvalue weighted by atomic mass is 10.3. The van der Waals surface area contributed by atoms with Gasteiger partial charge in [-0.25, -0.2) is 14.2 Å². The maximum absolute atomic E-state index is 13.0. The molecule has 19 heavy (non-hydrogen) atoms. The third kappa shape index (κ3) is 3.89.